The van der Waals surface area contributed by atoms with Gasteiger partial charge in [0.1, 0.15) is 11.9 Å². The van der Waals surface area contributed by atoms with Crippen LogP contribution in [0.4, 0.5) is 10.9 Å². The summed E-state index contributed by atoms with van der Waals surface area (Å²) >= 11 is 1.45. The van der Waals surface area contributed by atoms with Crippen molar-refractivity contribution >= 4 is 28.2 Å². The van der Waals surface area contributed by atoms with Gasteiger partial charge >= 0.3 is 0 Å². The molecule has 8 heteroatoms. The van der Waals surface area contributed by atoms with E-state index in [-0.39, 0.29) is 11.8 Å². The lowest BCUT2D eigenvalue weighted by Crippen LogP contribution is -2.38. The number of nitrogens with zero attached hydrogens (tertiary/aromatic N) is 4. The predicted molar refractivity (Wildman–Crippen MR) is 126 cm³/mol. The Bertz CT molecular complexity index is 1080. The minimum absolute atomic E-state index is 0.0215. The molecule has 0 spiro atoms. The Morgan fingerprint density at radius 1 is 1.25 bits per heavy atom. The SMILES string of the molecule is COCCc1ccc(-c2csc(NC(=O)C3CCN(c4ccc(C#N)cn4)CC3)n2)cc1. The van der Waals surface area contributed by atoms with Gasteiger partial charge in [0.2, 0.25) is 5.91 Å². The van der Waals surface area contributed by atoms with Crippen LogP contribution in [0.2, 0.25) is 0 Å². The highest BCUT2D eigenvalue weighted by atomic mass is 32.1. The third-order valence-electron chi connectivity index (χ3n) is 5.65. The van der Waals surface area contributed by atoms with Crippen molar-refractivity contribution < 1.29 is 9.53 Å². The smallest absolute Gasteiger partial charge is 0.229 e. The first-order valence-electron chi connectivity index (χ1n) is 10.6. The molecule has 1 aliphatic heterocycles. The summed E-state index contributed by atoms with van der Waals surface area (Å²) in [5.74, 6) is 0.825. The molecule has 0 unspecified atom stereocenters. The second-order valence-electron chi connectivity index (χ2n) is 7.75. The fraction of sp³-hybridized carbons (Fsp3) is 0.333. The highest BCUT2D eigenvalue weighted by molar-refractivity contribution is 7.14. The summed E-state index contributed by atoms with van der Waals surface area (Å²) in [6.07, 6.45) is 3.99. The molecular formula is C24H25N5O2S. The molecule has 32 heavy (non-hydrogen) atoms. The maximum absolute atomic E-state index is 12.8. The molecule has 1 aromatic carbocycles. The number of amides is 1. The van der Waals surface area contributed by atoms with E-state index in [1.165, 1.54) is 16.9 Å². The second kappa shape index (κ2) is 10.4. The zero-order valence-electron chi connectivity index (χ0n) is 18.0. The lowest BCUT2D eigenvalue weighted by atomic mass is 9.96. The van der Waals surface area contributed by atoms with Crippen molar-refractivity contribution in [2.75, 3.05) is 37.0 Å². The Kier molecular flexibility index (Phi) is 7.10. The molecule has 0 radical (unpaired) electrons. The van der Waals surface area contributed by atoms with Crippen molar-refractivity contribution in [2.24, 2.45) is 5.92 Å². The van der Waals surface area contributed by atoms with Crippen LogP contribution in [0.5, 0.6) is 0 Å². The predicted octanol–water partition coefficient (Wildman–Crippen LogP) is 4.12. The fourth-order valence-electron chi connectivity index (χ4n) is 3.74. The van der Waals surface area contributed by atoms with Crippen molar-refractivity contribution in [2.45, 2.75) is 19.3 Å². The van der Waals surface area contributed by atoms with E-state index in [0.29, 0.717) is 17.3 Å². The van der Waals surface area contributed by atoms with Gasteiger partial charge in [0, 0.05) is 43.3 Å². The van der Waals surface area contributed by atoms with Gasteiger partial charge < -0.3 is 15.0 Å². The van der Waals surface area contributed by atoms with Gasteiger partial charge in [-0.2, -0.15) is 5.26 Å². The topological polar surface area (TPSA) is 91.1 Å². The van der Waals surface area contributed by atoms with Gasteiger partial charge in [-0.25, -0.2) is 9.97 Å². The van der Waals surface area contributed by atoms with Gasteiger partial charge in [-0.15, -0.1) is 11.3 Å². The van der Waals surface area contributed by atoms with Crippen LogP contribution < -0.4 is 10.2 Å². The van der Waals surface area contributed by atoms with E-state index in [1.807, 2.05) is 11.4 Å². The number of rotatable bonds is 7. The Morgan fingerprint density at radius 3 is 2.69 bits per heavy atom. The summed E-state index contributed by atoms with van der Waals surface area (Å²) in [6, 6.07) is 14.0. The van der Waals surface area contributed by atoms with Crippen LogP contribution in [-0.4, -0.2) is 42.7 Å². The van der Waals surface area contributed by atoms with Crippen molar-refractivity contribution in [3.05, 3.63) is 59.1 Å². The van der Waals surface area contributed by atoms with E-state index >= 15 is 0 Å². The quantitative estimate of drug-likeness (QED) is 0.586. The number of benzene rings is 1. The number of hydrogen-bond acceptors (Lipinski definition) is 7. The van der Waals surface area contributed by atoms with Crippen LogP contribution in [0, 0.1) is 17.2 Å². The van der Waals surface area contributed by atoms with E-state index in [0.717, 1.165) is 49.4 Å². The second-order valence-corrected chi connectivity index (χ2v) is 8.60. The van der Waals surface area contributed by atoms with Gasteiger partial charge in [0.25, 0.3) is 0 Å². The van der Waals surface area contributed by atoms with Crippen molar-refractivity contribution in [3.63, 3.8) is 0 Å². The van der Waals surface area contributed by atoms with Gasteiger partial charge in [-0.3, -0.25) is 4.79 Å². The van der Waals surface area contributed by atoms with Crippen LogP contribution in [0.1, 0.15) is 24.0 Å². The standard InChI is InChI=1S/C24H25N5O2S/c1-31-13-10-17-2-5-19(6-3-17)21-16-32-24(27-21)28-23(30)20-8-11-29(12-9-20)22-7-4-18(14-25)15-26-22/h2-7,15-16,20H,8-13H2,1H3,(H,27,28,30). The van der Waals surface area contributed by atoms with E-state index in [4.69, 9.17) is 10.00 Å². The van der Waals surface area contributed by atoms with E-state index in [1.54, 1.807) is 19.4 Å². The zero-order valence-corrected chi connectivity index (χ0v) is 18.8. The van der Waals surface area contributed by atoms with Crippen molar-refractivity contribution in [1.29, 1.82) is 5.26 Å². The van der Waals surface area contributed by atoms with Crippen molar-refractivity contribution in [1.82, 2.24) is 9.97 Å². The monoisotopic (exact) mass is 447 g/mol. The first-order chi connectivity index (χ1) is 15.7. The number of thiazole rings is 1. The molecule has 0 saturated carbocycles. The van der Waals surface area contributed by atoms with Crippen LogP contribution in [-0.2, 0) is 16.0 Å². The molecule has 3 heterocycles. The summed E-state index contributed by atoms with van der Waals surface area (Å²) in [5, 5.41) is 14.5. The number of aromatic nitrogens is 2. The molecule has 1 N–H and O–H groups in total. The maximum Gasteiger partial charge on any atom is 0.229 e. The Labute approximate surface area is 191 Å². The normalized spacial score (nSPS) is 14.2. The summed E-state index contributed by atoms with van der Waals surface area (Å²) in [7, 11) is 1.70. The lowest BCUT2D eigenvalue weighted by molar-refractivity contribution is -0.120. The summed E-state index contributed by atoms with van der Waals surface area (Å²) in [4.78, 5) is 23.9. The highest BCUT2D eigenvalue weighted by Crippen LogP contribution is 2.27. The maximum atomic E-state index is 12.8. The number of piperidine rings is 1. The molecule has 164 valence electrons. The molecule has 3 aromatic rings. The Morgan fingerprint density at radius 2 is 2.03 bits per heavy atom. The number of pyridine rings is 1. The van der Waals surface area contributed by atoms with Gasteiger partial charge in [-0.05, 0) is 37.0 Å². The molecule has 7 nitrogen and oxygen atoms in total. The molecule has 0 bridgehead atoms. The zero-order chi connectivity index (χ0) is 22.3. The van der Waals surface area contributed by atoms with Crippen LogP contribution in [0.25, 0.3) is 11.3 Å². The molecule has 1 aliphatic rings. The first kappa shape index (κ1) is 21.9. The third-order valence-corrected chi connectivity index (χ3v) is 6.40. The largest absolute Gasteiger partial charge is 0.384 e. The van der Waals surface area contributed by atoms with Crippen LogP contribution in [0.15, 0.2) is 48.0 Å². The number of carbonyl (C=O) groups excluding carboxylic acids is 1. The Balaban J connectivity index is 1.30. The van der Waals surface area contributed by atoms with E-state index in [2.05, 4.69) is 50.5 Å². The molecule has 4 rings (SSSR count). The molecule has 2 aromatic heterocycles. The molecule has 1 saturated heterocycles. The summed E-state index contributed by atoms with van der Waals surface area (Å²) < 4.78 is 5.12. The summed E-state index contributed by atoms with van der Waals surface area (Å²) in [5.41, 5.74) is 3.67. The number of methoxy groups -OCH3 is 1. The number of nitriles is 1. The van der Waals surface area contributed by atoms with E-state index < -0.39 is 0 Å². The lowest BCUT2D eigenvalue weighted by Gasteiger charge is -2.31. The average Bonchev–Trinajstić information content (AvgIpc) is 3.31. The minimum atomic E-state index is -0.0444. The average molecular weight is 448 g/mol. The molecule has 0 aliphatic carbocycles. The molecule has 1 amide bonds. The number of carbonyl (C=O) groups is 1. The number of ether oxygens (including phenoxy) is 1. The third kappa shape index (κ3) is 5.31. The van der Waals surface area contributed by atoms with Gasteiger partial charge in [-0.1, -0.05) is 24.3 Å². The van der Waals surface area contributed by atoms with E-state index in [9.17, 15) is 4.79 Å². The number of hydrogen-bond donors (Lipinski definition) is 1. The van der Waals surface area contributed by atoms with Gasteiger partial charge in [0.15, 0.2) is 5.13 Å². The molecule has 1 fully saturated rings. The number of nitrogens with one attached hydrogen (secondary N) is 1. The molecule has 0 atom stereocenters. The van der Waals surface area contributed by atoms with Gasteiger partial charge in [0.05, 0.1) is 17.9 Å². The first-order valence-corrected chi connectivity index (χ1v) is 11.5. The van der Waals surface area contributed by atoms with Crippen LogP contribution >= 0.6 is 11.3 Å². The van der Waals surface area contributed by atoms with Crippen molar-refractivity contribution in [3.8, 4) is 17.3 Å². The number of anilines is 2. The molecular weight excluding hydrogens is 422 g/mol. The summed E-state index contributed by atoms with van der Waals surface area (Å²) in [6.45, 7) is 2.22. The fourth-order valence-corrected chi connectivity index (χ4v) is 4.47. The highest BCUT2D eigenvalue weighted by Gasteiger charge is 2.26. The van der Waals surface area contributed by atoms with Crippen LogP contribution in [0.3, 0.4) is 0 Å². The Hall–Kier alpha value is -3.28. The minimum Gasteiger partial charge on any atom is -0.384 e.